The molecule has 29 heavy (non-hydrogen) atoms. The highest BCUT2D eigenvalue weighted by Gasteiger charge is 2.34. The van der Waals surface area contributed by atoms with E-state index in [0.29, 0.717) is 19.6 Å². The smallest absolute Gasteiger partial charge is 0.327 e. The molecule has 4 amide bonds. The van der Waals surface area contributed by atoms with Crippen LogP contribution in [0.5, 0.6) is 0 Å². The highest BCUT2D eigenvalue weighted by molar-refractivity contribution is 6.02. The Morgan fingerprint density at radius 2 is 1.62 bits per heavy atom. The van der Waals surface area contributed by atoms with Gasteiger partial charge in [0.1, 0.15) is 6.54 Å². The van der Waals surface area contributed by atoms with Crippen molar-refractivity contribution < 1.29 is 14.4 Å². The number of imide groups is 1. The molecule has 4 rings (SSSR count). The van der Waals surface area contributed by atoms with Crippen molar-refractivity contribution in [2.75, 3.05) is 13.1 Å². The largest absolute Gasteiger partial charge is 0.332 e. The zero-order valence-electron chi connectivity index (χ0n) is 17.0. The van der Waals surface area contributed by atoms with Crippen molar-refractivity contribution in [3.8, 4) is 11.1 Å². The molecular formula is C23H25N3O3. The van der Waals surface area contributed by atoms with Gasteiger partial charge in [0.2, 0.25) is 5.91 Å². The van der Waals surface area contributed by atoms with Gasteiger partial charge in [-0.05, 0) is 55.2 Å². The van der Waals surface area contributed by atoms with Crippen LogP contribution in [0, 0.1) is 0 Å². The Morgan fingerprint density at radius 3 is 2.24 bits per heavy atom. The van der Waals surface area contributed by atoms with Gasteiger partial charge in [0, 0.05) is 31.2 Å². The average Bonchev–Trinajstić information content (AvgIpc) is 3.18. The molecule has 6 nitrogen and oxygen atoms in total. The van der Waals surface area contributed by atoms with Gasteiger partial charge in [0.25, 0.3) is 5.91 Å². The van der Waals surface area contributed by atoms with E-state index in [1.165, 1.54) is 4.90 Å². The number of hydrogen-bond donors (Lipinski definition) is 0. The summed E-state index contributed by atoms with van der Waals surface area (Å²) in [6.07, 6.45) is 0. The van der Waals surface area contributed by atoms with Gasteiger partial charge in [-0.15, -0.1) is 0 Å². The summed E-state index contributed by atoms with van der Waals surface area (Å²) in [6.45, 7) is 7.48. The standard InChI is InChI=1S/C23H25N3O3/c1-4-25-21(27)14-24(23(25)29)12-16-5-7-17(8-6-16)18-9-10-20-19(11-18)13-26(15(2)3)22(20)28/h5-11,15H,4,12-14H2,1-3H3. The van der Waals surface area contributed by atoms with Crippen LogP contribution in [0.1, 0.15) is 42.3 Å². The van der Waals surface area contributed by atoms with Crippen LogP contribution in [0.25, 0.3) is 11.1 Å². The first-order valence-electron chi connectivity index (χ1n) is 10.0. The third kappa shape index (κ3) is 3.39. The van der Waals surface area contributed by atoms with Crippen molar-refractivity contribution in [1.29, 1.82) is 0 Å². The maximum Gasteiger partial charge on any atom is 0.327 e. The Kier molecular flexibility index (Phi) is 4.86. The molecule has 0 saturated carbocycles. The fraction of sp³-hybridized carbons (Fsp3) is 0.348. The Balaban J connectivity index is 1.50. The molecule has 0 spiro atoms. The Morgan fingerprint density at radius 1 is 0.931 bits per heavy atom. The quantitative estimate of drug-likeness (QED) is 0.733. The van der Waals surface area contributed by atoms with Crippen molar-refractivity contribution >= 4 is 17.8 Å². The molecule has 2 aliphatic heterocycles. The molecule has 0 aromatic heterocycles. The van der Waals surface area contributed by atoms with Gasteiger partial charge in [-0.25, -0.2) is 4.79 Å². The van der Waals surface area contributed by atoms with E-state index in [-0.39, 0.29) is 30.4 Å². The van der Waals surface area contributed by atoms with Gasteiger partial charge in [0.05, 0.1) is 0 Å². The van der Waals surface area contributed by atoms with Gasteiger partial charge in [-0.1, -0.05) is 30.3 Å². The van der Waals surface area contributed by atoms with E-state index in [1.807, 2.05) is 55.1 Å². The minimum absolute atomic E-state index is 0.0999. The lowest BCUT2D eigenvalue weighted by atomic mass is 9.99. The molecule has 2 aromatic rings. The van der Waals surface area contributed by atoms with Gasteiger partial charge in [-0.3, -0.25) is 14.5 Å². The number of urea groups is 1. The molecule has 150 valence electrons. The second kappa shape index (κ2) is 7.35. The number of fused-ring (bicyclic) bond motifs is 1. The molecule has 2 aliphatic rings. The minimum atomic E-state index is -0.223. The molecule has 2 aromatic carbocycles. The van der Waals surface area contributed by atoms with Crippen LogP contribution in [0.2, 0.25) is 0 Å². The number of rotatable bonds is 5. The summed E-state index contributed by atoms with van der Waals surface area (Å²) in [6, 6.07) is 14.0. The van der Waals surface area contributed by atoms with Crippen LogP contribution < -0.4 is 0 Å². The Labute approximate surface area is 170 Å². The first kappa shape index (κ1) is 19.2. The lowest BCUT2D eigenvalue weighted by Crippen LogP contribution is -2.32. The van der Waals surface area contributed by atoms with Crippen molar-refractivity contribution in [1.82, 2.24) is 14.7 Å². The highest BCUT2D eigenvalue weighted by Crippen LogP contribution is 2.30. The monoisotopic (exact) mass is 391 g/mol. The Hall–Kier alpha value is -3.15. The molecule has 0 atom stereocenters. The second-order valence-corrected chi connectivity index (χ2v) is 7.87. The average molecular weight is 391 g/mol. The van der Waals surface area contributed by atoms with E-state index in [1.54, 1.807) is 11.8 Å². The predicted molar refractivity (Wildman–Crippen MR) is 110 cm³/mol. The van der Waals surface area contributed by atoms with Crippen LogP contribution in [-0.4, -0.2) is 51.7 Å². The molecule has 2 heterocycles. The van der Waals surface area contributed by atoms with E-state index >= 15 is 0 Å². The fourth-order valence-electron chi connectivity index (χ4n) is 3.99. The molecule has 1 saturated heterocycles. The van der Waals surface area contributed by atoms with Gasteiger partial charge < -0.3 is 9.80 Å². The summed E-state index contributed by atoms with van der Waals surface area (Å²) in [5.74, 6) is -0.0416. The van der Waals surface area contributed by atoms with E-state index in [4.69, 9.17) is 0 Å². The molecular weight excluding hydrogens is 366 g/mol. The zero-order chi connectivity index (χ0) is 20.7. The highest BCUT2D eigenvalue weighted by atomic mass is 16.2. The summed E-state index contributed by atoms with van der Waals surface area (Å²) in [5, 5.41) is 0. The number of amides is 4. The molecule has 0 bridgehead atoms. The normalized spacial score (nSPS) is 16.4. The Bertz CT molecular complexity index is 981. The predicted octanol–water partition coefficient (Wildman–Crippen LogP) is 3.50. The van der Waals surface area contributed by atoms with E-state index < -0.39 is 0 Å². The first-order valence-corrected chi connectivity index (χ1v) is 10.0. The molecule has 0 N–H and O–H groups in total. The molecule has 0 unspecified atom stereocenters. The number of benzene rings is 2. The summed E-state index contributed by atoms with van der Waals surface area (Å²) in [5.41, 5.74) is 4.96. The van der Waals surface area contributed by atoms with Crippen molar-refractivity contribution in [3.05, 3.63) is 59.2 Å². The fourth-order valence-corrected chi connectivity index (χ4v) is 3.99. The second-order valence-electron chi connectivity index (χ2n) is 7.87. The zero-order valence-corrected chi connectivity index (χ0v) is 17.0. The number of carbonyl (C=O) groups excluding carboxylic acids is 3. The molecule has 0 aliphatic carbocycles. The molecule has 1 fully saturated rings. The maximum atomic E-state index is 12.5. The number of hydrogen-bond acceptors (Lipinski definition) is 3. The molecule has 6 heteroatoms. The van der Waals surface area contributed by atoms with Crippen molar-refractivity contribution in [3.63, 3.8) is 0 Å². The number of nitrogens with zero attached hydrogens (tertiary/aromatic N) is 3. The maximum absolute atomic E-state index is 12.5. The topological polar surface area (TPSA) is 60.9 Å². The number of carbonyl (C=O) groups is 3. The van der Waals surface area contributed by atoms with E-state index in [0.717, 1.165) is 27.8 Å². The lowest BCUT2D eigenvalue weighted by molar-refractivity contribution is -0.125. The van der Waals surface area contributed by atoms with E-state index in [9.17, 15) is 14.4 Å². The van der Waals surface area contributed by atoms with Crippen LogP contribution in [0.4, 0.5) is 4.79 Å². The summed E-state index contributed by atoms with van der Waals surface area (Å²) in [7, 11) is 0. The third-order valence-electron chi connectivity index (χ3n) is 5.67. The van der Waals surface area contributed by atoms with Gasteiger partial charge >= 0.3 is 6.03 Å². The van der Waals surface area contributed by atoms with Crippen LogP contribution >= 0.6 is 0 Å². The summed E-state index contributed by atoms with van der Waals surface area (Å²) in [4.78, 5) is 41.3. The van der Waals surface area contributed by atoms with Crippen LogP contribution in [0.3, 0.4) is 0 Å². The summed E-state index contributed by atoms with van der Waals surface area (Å²) >= 11 is 0. The van der Waals surface area contributed by atoms with Gasteiger partial charge in [0.15, 0.2) is 0 Å². The van der Waals surface area contributed by atoms with Crippen molar-refractivity contribution in [2.24, 2.45) is 0 Å². The number of likely N-dealkylation sites (N-methyl/N-ethyl adjacent to an activating group) is 1. The minimum Gasteiger partial charge on any atom is -0.332 e. The lowest BCUT2D eigenvalue weighted by Gasteiger charge is -2.19. The van der Waals surface area contributed by atoms with E-state index in [2.05, 4.69) is 6.07 Å². The summed E-state index contributed by atoms with van der Waals surface area (Å²) < 4.78 is 0. The third-order valence-corrected chi connectivity index (χ3v) is 5.67. The van der Waals surface area contributed by atoms with Crippen LogP contribution in [-0.2, 0) is 17.9 Å². The molecule has 0 radical (unpaired) electrons. The van der Waals surface area contributed by atoms with Crippen molar-refractivity contribution in [2.45, 2.75) is 39.9 Å². The van der Waals surface area contributed by atoms with Gasteiger partial charge in [-0.2, -0.15) is 0 Å². The first-order chi connectivity index (χ1) is 13.9. The van der Waals surface area contributed by atoms with Crippen LogP contribution in [0.15, 0.2) is 42.5 Å². The SMILES string of the molecule is CCN1C(=O)CN(Cc2ccc(-c3ccc4c(c3)CN(C(C)C)C4=O)cc2)C1=O.